The zero-order chi connectivity index (χ0) is 18.9. The molecule has 0 N–H and O–H groups in total. The Kier molecular flexibility index (Phi) is 5.34. The maximum absolute atomic E-state index is 12.5. The largest absolute Gasteiger partial charge is 0.334 e. The quantitative estimate of drug-likeness (QED) is 0.560. The average Bonchev–Trinajstić information content (AvgIpc) is 2.83. The predicted molar refractivity (Wildman–Crippen MR) is 94.3 cm³/mol. The van der Waals surface area contributed by atoms with E-state index in [2.05, 4.69) is 0 Å². The molecule has 1 aromatic rings. The summed E-state index contributed by atoms with van der Waals surface area (Å²) in [5, 5.41) is 0.405. The van der Waals surface area contributed by atoms with Crippen molar-refractivity contribution in [2.75, 3.05) is 12.3 Å². The number of urea groups is 1. The molecule has 4 amide bonds. The molecule has 3 rings (SSSR count). The van der Waals surface area contributed by atoms with Crippen molar-refractivity contribution >= 4 is 39.3 Å². The Morgan fingerprint density at radius 3 is 2.19 bits per heavy atom. The van der Waals surface area contributed by atoms with Gasteiger partial charge in [0.1, 0.15) is 0 Å². The van der Waals surface area contributed by atoms with Gasteiger partial charge in [0.2, 0.25) is 0 Å². The van der Waals surface area contributed by atoms with Crippen LogP contribution in [0.3, 0.4) is 0 Å². The maximum atomic E-state index is 12.5. The number of rotatable bonds is 5. The first-order valence-corrected chi connectivity index (χ1v) is 10.5. The summed E-state index contributed by atoms with van der Waals surface area (Å²) in [5.41, 5.74) is 0. The lowest BCUT2D eigenvalue weighted by molar-refractivity contribution is -0.144. The van der Waals surface area contributed by atoms with Gasteiger partial charge in [0.25, 0.3) is 0 Å². The summed E-state index contributed by atoms with van der Waals surface area (Å²) in [6.45, 7) is -0.350. The molecule has 0 unspecified atom stereocenters. The van der Waals surface area contributed by atoms with Crippen molar-refractivity contribution in [3.05, 3.63) is 29.3 Å². The number of amides is 4. The second kappa shape index (κ2) is 7.36. The van der Waals surface area contributed by atoms with E-state index in [1.54, 1.807) is 0 Å². The van der Waals surface area contributed by atoms with Crippen LogP contribution >= 0.6 is 11.6 Å². The molecule has 9 heteroatoms. The molecule has 1 aliphatic heterocycles. The van der Waals surface area contributed by atoms with Crippen molar-refractivity contribution in [3.63, 3.8) is 0 Å². The summed E-state index contributed by atoms with van der Waals surface area (Å²) in [5.74, 6) is -2.25. The van der Waals surface area contributed by atoms with E-state index in [-0.39, 0.29) is 17.5 Å². The van der Waals surface area contributed by atoms with Crippen LogP contribution in [0, 0.1) is 0 Å². The van der Waals surface area contributed by atoms with Gasteiger partial charge in [0, 0.05) is 17.6 Å². The minimum Gasteiger partial charge on any atom is -0.263 e. The van der Waals surface area contributed by atoms with Crippen LogP contribution in [0.5, 0.6) is 0 Å². The first kappa shape index (κ1) is 18.8. The number of benzene rings is 1. The highest BCUT2D eigenvalue weighted by Gasteiger charge is 2.47. The molecule has 1 aliphatic carbocycles. The van der Waals surface area contributed by atoms with Crippen LogP contribution in [-0.4, -0.2) is 54.4 Å². The van der Waals surface area contributed by atoms with Crippen LogP contribution in [0.2, 0.25) is 5.02 Å². The summed E-state index contributed by atoms with van der Waals surface area (Å²) in [4.78, 5) is 38.7. The molecule has 2 fully saturated rings. The number of carbonyl (C=O) groups is 3. The number of nitrogens with zero attached hydrogens (tertiary/aromatic N) is 2. The standard InChI is InChI=1S/C17H19ClN2O5S/c18-12-6-8-14(9-7-12)26(24,25)11-10-19-15(21)16(22)20(17(19)23)13-4-2-1-3-5-13/h6-9,13H,1-5,10-11H2. The molecule has 0 radical (unpaired) electrons. The highest BCUT2D eigenvalue weighted by Crippen LogP contribution is 2.27. The molecular formula is C17H19ClN2O5S. The molecule has 1 aromatic carbocycles. The fourth-order valence-corrected chi connectivity index (χ4v) is 4.69. The van der Waals surface area contributed by atoms with E-state index in [0.29, 0.717) is 17.9 Å². The van der Waals surface area contributed by atoms with Crippen molar-refractivity contribution in [2.45, 2.75) is 43.0 Å². The summed E-state index contributed by atoms with van der Waals surface area (Å²) in [7, 11) is -3.71. The normalized spacial score (nSPS) is 19.5. The van der Waals surface area contributed by atoms with Crippen molar-refractivity contribution in [1.82, 2.24) is 9.80 Å². The van der Waals surface area contributed by atoms with Gasteiger partial charge in [0.15, 0.2) is 9.84 Å². The number of carbonyl (C=O) groups excluding carboxylic acids is 3. The van der Waals surface area contributed by atoms with Gasteiger partial charge in [-0.25, -0.2) is 13.2 Å². The second-order valence-electron chi connectivity index (χ2n) is 6.48. The third kappa shape index (κ3) is 3.61. The summed E-state index contributed by atoms with van der Waals surface area (Å²) in [6, 6.07) is 4.66. The molecule has 0 atom stereocenters. The van der Waals surface area contributed by atoms with Gasteiger partial charge in [-0.05, 0) is 37.1 Å². The molecule has 140 valence electrons. The van der Waals surface area contributed by atoms with Crippen molar-refractivity contribution in [3.8, 4) is 0 Å². The minimum atomic E-state index is -3.71. The van der Waals surface area contributed by atoms with Crippen molar-refractivity contribution < 1.29 is 22.8 Å². The number of imide groups is 2. The molecule has 2 aliphatic rings. The van der Waals surface area contributed by atoms with Gasteiger partial charge in [-0.3, -0.25) is 19.4 Å². The first-order valence-electron chi connectivity index (χ1n) is 8.48. The van der Waals surface area contributed by atoms with E-state index in [1.807, 2.05) is 0 Å². The fourth-order valence-electron chi connectivity index (χ4n) is 3.35. The number of hydrogen-bond acceptors (Lipinski definition) is 5. The van der Waals surface area contributed by atoms with Crippen LogP contribution < -0.4 is 0 Å². The number of halogens is 1. The van der Waals surface area contributed by atoms with Crippen LogP contribution in [0.25, 0.3) is 0 Å². The van der Waals surface area contributed by atoms with Crippen LogP contribution in [0.1, 0.15) is 32.1 Å². The highest BCUT2D eigenvalue weighted by molar-refractivity contribution is 7.91. The zero-order valence-corrected chi connectivity index (χ0v) is 15.6. The lowest BCUT2D eigenvalue weighted by Crippen LogP contribution is -2.42. The van der Waals surface area contributed by atoms with Gasteiger partial charge < -0.3 is 0 Å². The SMILES string of the molecule is O=C1C(=O)N(C2CCCCC2)C(=O)N1CCS(=O)(=O)c1ccc(Cl)cc1. The van der Waals surface area contributed by atoms with Gasteiger partial charge in [0.05, 0.1) is 10.6 Å². The number of hydrogen-bond donors (Lipinski definition) is 0. The Balaban J connectivity index is 1.71. The molecule has 1 saturated carbocycles. The molecule has 1 heterocycles. The zero-order valence-electron chi connectivity index (χ0n) is 14.1. The van der Waals surface area contributed by atoms with Crippen LogP contribution in [0.15, 0.2) is 29.2 Å². The Morgan fingerprint density at radius 2 is 1.58 bits per heavy atom. The third-order valence-electron chi connectivity index (χ3n) is 4.78. The third-order valence-corrected chi connectivity index (χ3v) is 6.74. The Bertz CT molecular complexity index is 831. The Morgan fingerprint density at radius 1 is 0.962 bits per heavy atom. The van der Waals surface area contributed by atoms with Crippen LogP contribution in [0.4, 0.5) is 4.79 Å². The van der Waals surface area contributed by atoms with Gasteiger partial charge in [-0.1, -0.05) is 30.9 Å². The van der Waals surface area contributed by atoms with E-state index >= 15 is 0 Å². The predicted octanol–water partition coefficient (Wildman–Crippen LogP) is 2.24. The molecule has 26 heavy (non-hydrogen) atoms. The fraction of sp³-hybridized carbons (Fsp3) is 0.471. The molecule has 7 nitrogen and oxygen atoms in total. The van der Waals surface area contributed by atoms with Crippen molar-refractivity contribution in [1.29, 1.82) is 0 Å². The van der Waals surface area contributed by atoms with E-state index in [9.17, 15) is 22.8 Å². The molecular weight excluding hydrogens is 380 g/mol. The van der Waals surface area contributed by atoms with Gasteiger partial charge in [-0.2, -0.15) is 0 Å². The summed E-state index contributed by atoms with van der Waals surface area (Å²) >= 11 is 5.75. The Labute approximate surface area is 156 Å². The van der Waals surface area contributed by atoms with E-state index in [4.69, 9.17) is 11.6 Å². The van der Waals surface area contributed by atoms with Crippen LogP contribution in [-0.2, 0) is 19.4 Å². The second-order valence-corrected chi connectivity index (χ2v) is 9.02. The van der Waals surface area contributed by atoms with Gasteiger partial charge >= 0.3 is 17.8 Å². The van der Waals surface area contributed by atoms with Gasteiger partial charge in [-0.15, -0.1) is 0 Å². The Hall–Kier alpha value is -1.93. The van der Waals surface area contributed by atoms with Crippen molar-refractivity contribution in [2.24, 2.45) is 0 Å². The monoisotopic (exact) mass is 398 g/mol. The van der Waals surface area contributed by atoms with E-state index in [1.165, 1.54) is 24.3 Å². The number of sulfone groups is 1. The minimum absolute atomic E-state index is 0.0523. The smallest absolute Gasteiger partial charge is 0.263 e. The lowest BCUT2D eigenvalue weighted by atomic mass is 9.94. The summed E-state index contributed by atoms with van der Waals surface area (Å²) < 4.78 is 24.8. The highest BCUT2D eigenvalue weighted by atomic mass is 35.5. The van der Waals surface area contributed by atoms with E-state index in [0.717, 1.165) is 29.1 Å². The first-order chi connectivity index (χ1) is 12.3. The maximum Gasteiger partial charge on any atom is 0.334 e. The molecule has 1 saturated heterocycles. The summed E-state index contributed by atoms with van der Waals surface area (Å²) in [6.07, 6.45) is 4.22. The van der Waals surface area contributed by atoms with E-state index < -0.39 is 33.4 Å². The topological polar surface area (TPSA) is 91.8 Å². The molecule has 0 spiro atoms. The molecule has 0 aromatic heterocycles. The molecule has 0 bridgehead atoms. The lowest BCUT2D eigenvalue weighted by Gasteiger charge is -2.28. The average molecular weight is 399 g/mol.